The minimum atomic E-state index is -0.449. The number of anilines is 1. The van der Waals surface area contributed by atoms with Gasteiger partial charge < -0.3 is 15.2 Å². The first kappa shape index (κ1) is 19.4. The summed E-state index contributed by atoms with van der Waals surface area (Å²) in [5.41, 5.74) is 0.640. The molecule has 0 spiro atoms. The molecule has 0 aliphatic heterocycles. The minimum absolute atomic E-state index is 0.0340. The molecule has 1 aromatic carbocycles. The SMILES string of the molecule is CCCC(=O)Nc1ccc(C)n(CC(=O)NCc2ccccc2F)c1=O. The first-order valence-electron chi connectivity index (χ1n) is 8.42. The number of carbonyl (C=O) groups is 2. The van der Waals surface area contributed by atoms with Crippen molar-refractivity contribution in [3.05, 3.63) is 63.8 Å². The number of rotatable bonds is 7. The molecule has 7 heteroatoms. The molecule has 0 saturated carbocycles. The molecule has 6 nitrogen and oxygen atoms in total. The zero-order valence-electron chi connectivity index (χ0n) is 14.8. The van der Waals surface area contributed by atoms with E-state index in [-0.39, 0.29) is 24.7 Å². The molecule has 0 unspecified atom stereocenters. The van der Waals surface area contributed by atoms with Crippen LogP contribution in [-0.4, -0.2) is 16.4 Å². The van der Waals surface area contributed by atoms with Gasteiger partial charge >= 0.3 is 0 Å². The van der Waals surface area contributed by atoms with E-state index in [1.54, 1.807) is 31.2 Å². The highest BCUT2D eigenvalue weighted by Gasteiger charge is 2.12. The lowest BCUT2D eigenvalue weighted by Gasteiger charge is -2.13. The van der Waals surface area contributed by atoms with Crippen LogP contribution in [0.4, 0.5) is 10.1 Å². The van der Waals surface area contributed by atoms with Gasteiger partial charge in [0.05, 0.1) is 0 Å². The monoisotopic (exact) mass is 359 g/mol. The van der Waals surface area contributed by atoms with Crippen molar-refractivity contribution in [3.8, 4) is 0 Å². The molecule has 0 saturated heterocycles. The van der Waals surface area contributed by atoms with Crippen LogP contribution in [0, 0.1) is 12.7 Å². The standard InChI is InChI=1S/C19H22FN3O3/c1-3-6-17(24)22-16-10-9-13(2)23(19(16)26)12-18(25)21-11-14-7-4-5-8-15(14)20/h4-5,7-10H,3,6,11-12H2,1-2H3,(H,21,25)(H,22,24). The Morgan fingerprint density at radius 3 is 2.54 bits per heavy atom. The molecule has 2 amide bonds. The van der Waals surface area contributed by atoms with Crippen LogP contribution in [0.1, 0.15) is 31.0 Å². The highest BCUT2D eigenvalue weighted by atomic mass is 19.1. The van der Waals surface area contributed by atoms with E-state index >= 15 is 0 Å². The molecular weight excluding hydrogens is 337 g/mol. The number of benzene rings is 1. The Morgan fingerprint density at radius 2 is 1.85 bits per heavy atom. The van der Waals surface area contributed by atoms with E-state index in [1.165, 1.54) is 16.7 Å². The molecule has 0 atom stereocenters. The predicted octanol–water partition coefficient (Wildman–Crippen LogP) is 2.35. The van der Waals surface area contributed by atoms with Crippen LogP contribution in [0.15, 0.2) is 41.2 Å². The van der Waals surface area contributed by atoms with Gasteiger partial charge in [0, 0.05) is 24.2 Å². The summed E-state index contributed by atoms with van der Waals surface area (Å²) in [7, 11) is 0. The van der Waals surface area contributed by atoms with Crippen molar-refractivity contribution in [2.45, 2.75) is 39.8 Å². The lowest BCUT2D eigenvalue weighted by atomic mass is 10.2. The number of nitrogens with zero attached hydrogens (tertiary/aromatic N) is 1. The van der Waals surface area contributed by atoms with Crippen molar-refractivity contribution in [1.29, 1.82) is 0 Å². The van der Waals surface area contributed by atoms with Gasteiger partial charge in [-0.1, -0.05) is 25.1 Å². The number of aryl methyl sites for hydroxylation is 1. The largest absolute Gasteiger partial charge is 0.350 e. The summed E-state index contributed by atoms with van der Waals surface area (Å²) in [4.78, 5) is 36.4. The number of nitrogens with one attached hydrogen (secondary N) is 2. The van der Waals surface area contributed by atoms with E-state index in [1.807, 2.05) is 6.92 Å². The smallest absolute Gasteiger partial charge is 0.274 e. The number of amides is 2. The molecule has 1 aromatic heterocycles. The summed E-state index contributed by atoms with van der Waals surface area (Å²) >= 11 is 0. The number of carbonyl (C=O) groups excluding carboxylic acids is 2. The third-order valence-corrected chi connectivity index (χ3v) is 3.88. The molecule has 1 heterocycles. The molecule has 2 N–H and O–H groups in total. The molecular formula is C19H22FN3O3. The summed E-state index contributed by atoms with van der Waals surface area (Å²) in [6.45, 7) is 3.39. The van der Waals surface area contributed by atoms with Gasteiger partial charge in [-0.25, -0.2) is 4.39 Å². The second-order valence-electron chi connectivity index (χ2n) is 5.95. The fraction of sp³-hybridized carbons (Fsp3) is 0.316. The van der Waals surface area contributed by atoms with Gasteiger partial charge in [-0.15, -0.1) is 0 Å². The van der Waals surface area contributed by atoms with Crippen molar-refractivity contribution >= 4 is 17.5 Å². The Morgan fingerprint density at radius 1 is 1.12 bits per heavy atom. The van der Waals surface area contributed by atoms with Crippen molar-refractivity contribution < 1.29 is 14.0 Å². The van der Waals surface area contributed by atoms with Crippen LogP contribution in [0.3, 0.4) is 0 Å². The third-order valence-electron chi connectivity index (χ3n) is 3.88. The highest BCUT2D eigenvalue weighted by molar-refractivity contribution is 5.90. The van der Waals surface area contributed by atoms with E-state index < -0.39 is 17.3 Å². The molecule has 0 bridgehead atoms. The van der Waals surface area contributed by atoms with Crippen LogP contribution < -0.4 is 16.2 Å². The van der Waals surface area contributed by atoms with Gasteiger partial charge in [-0.3, -0.25) is 14.4 Å². The second-order valence-corrected chi connectivity index (χ2v) is 5.95. The number of aromatic nitrogens is 1. The van der Waals surface area contributed by atoms with Crippen molar-refractivity contribution in [1.82, 2.24) is 9.88 Å². The Labute approximate surface area is 151 Å². The second kappa shape index (κ2) is 8.94. The van der Waals surface area contributed by atoms with Gasteiger partial charge in [0.15, 0.2) is 0 Å². The average molecular weight is 359 g/mol. The maximum Gasteiger partial charge on any atom is 0.274 e. The molecule has 0 radical (unpaired) electrons. The van der Waals surface area contributed by atoms with Crippen LogP contribution >= 0.6 is 0 Å². The summed E-state index contributed by atoms with van der Waals surface area (Å²) in [6, 6.07) is 9.34. The van der Waals surface area contributed by atoms with Crippen molar-refractivity contribution in [3.63, 3.8) is 0 Å². The summed E-state index contributed by atoms with van der Waals surface area (Å²) in [5.74, 6) is -1.07. The lowest BCUT2D eigenvalue weighted by Crippen LogP contribution is -2.34. The van der Waals surface area contributed by atoms with Gasteiger partial charge in [-0.05, 0) is 31.5 Å². The van der Waals surface area contributed by atoms with Crippen LogP contribution in [0.25, 0.3) is 0 Å². The first-order chi connectivity index (χ1) is 12.4. The van der Waals surface area contributed by atoms with E-state index in [2.05, 4.69) is 10.6 Å². The predicted molar refractivity (Wildman–Crippen MR) is 97.2 cm³/mol. The molecule has 26 heavy (non-hydrogen) atoms. The fourth-order valence-corrected chi connectivity index (χ4v) is 2.44. The van der Waals surface area contributed by atoms with Crippen LogP contribution in [0.5, 0.6) is 0 Å². The zero-order chi connectivity index (χ0) is 19.1. The molecule has 138 valence electrons. The van der Waals surface area contributed by atoms with Crippen molar-refractivity contribution in [2.24, 2.45) is 0 Å². The molecule has 0 aliphatic rings. The van der Waals surface area contributed by atoms with Crippen molar-refractivity contribution in [2.75, 3.05) is 5.32 Å². The first-order valence-corrected chi connectivity index (χ1v) is 8.42. The number of hydrogen-bond donors (Lipinski definition) is 2. The Hall–Kier alpha value is -2.96. The molecule has 2 rings (SSSR count). The summed E-state index contributed by atoms with van der Waals surface area (Å²) < 4.78 is 14.9. The third kappa shape index (κ3) is 5.02. The number of pyridine rings is 1. The quantitative estimate of drug-likeness (QED) is 0.796. The van der Waals surface area contributed by atoms with E-state index in [0.717, 1.165) is 0 Å². The van der Waals surface area contributed by atoms with Gasteiger partial charge in [0.1, 0.15) is 18.0 Å². The van der Waals surface area contributed by atoms with E-state index in [4.69, 9.17) is 0 Å². The normalized spacial score (nSPS) is 10.4. The number of halogens is 1. The maximum atomic E-state index is 13.6. The number of hydrogen-bond acceptors (Lipinski definition) is 3. The Bertz CT molecular complexity index is 861. The molecule has 0 aliphatic carbocycles. The highest BCUT2D eigenvalue weighted by Crippen LogP contribution is 2.07. The Kier molecular flexibility index (Phi) is 6.66. The maximum absolute atomic E-state index is 13.6. The summed E-state index contributed by atoms with van der Waals surface area (Å²) in [5, 5.41) is 5.16. The van der Waals surface area contributed by atoms with Crippen LogP contribution in [0.2, 0.25) is 0 Å². The van der Waals surface area contributed by atoms with Gasteiger partial charge in [-0.2, -0.15) is 0 Å². The molecule has 2 aromatic rings. The van der Waals surface area contributed by atoms with Crippen LogP contribution in [-0.2, 0) is 22.7 Å². The topological polar surface area (TPSA) is 80.2 Å². The van der Waals surface area contributed by atoms with E-state index in [9.17, 15) is 18.8 Å². The molecule has 0 fully saturated rings. The summed E-state index contributed by atoms with van der Waals surface area (Å²) in [6.07, 6.45) is 0.987. The van der Waals surface area contributed by atoms with E-state index in [0.29, 0.717) is 24.1 Å². The lowest BCUT2D eigenvalue weighted by molar-refractivity contribution is -0.122. The average Bonchev–Trinajstić information content (AvgIpc) is 2.60. The zero-order valence-corrected chi connectivity index (χ0v) is 14.8. The fourth-order valence-electron chi connectivity index (χ4n) is 2.44. The minimum Gasteiger partial charge on any atom is -0.350 e. The van der Waals surface area contributed by atoms with Gasteiger partial charge in [0.2, 0.25) is 11.8 Å². The van der Waals surface area contributed by atoms with Gasteiger partial charge in [0.25, 0.3) is 5.56 Å². The Balaban J connectivity index is 2.08.